The van der Waals surface area contributed by atoms with Gasteiger partial charge in [-0.05, 0) is 62.6 Å². The Hall–Kier alpha value is -1.83. The second-order valence-corrected chi connectivity index (χ2v) is 13.0. The minimum atomic E-state index is -1.26. The molecule has 4 aliphatic rings. The van der Waals surface area contributed by atoms with Gasteiger partial charge < -0.3 is 15.0 Å². The van der Waals surface area contributed by atoms with Crippen molar-refractivity contribution in [2.75, 3.05) is 33.3 Å². The van der Waals surface area contributed by atoms with Gasteiger partial charge in [-0.3, -0.25) is 14.5 Å². The van der Waals surface area contributed by atoms with Crippen LogP contribution >= 0.6 is 23.2 Å². The van der Waals surface area contributed by atoms with E-state index in [4.69, 9.17) is 27.9 Å². The number of nitrogens with one attached hydrogen (secondary N) is 1. The second kappa shape index (κ2) is 9.73. The molecule has 1 aromatic rings. The van der Waals surface area contributed by atoms with Gasteiger partial charge in [-0.1, -0.05) is 43.1 Å². The van der Waals surface area contributed by atoms with E-state index in [1.807, 2.05) is 13.0 Å². The number of rotatable bonds is 7. The lowest BCUT2D eigenvalue weighted by atomic mass is 9.78. The van der Waals surface area contributed by atoms with E-state index in [0.717, 1.165) is 44.1 Å². The Morgan fingerprint density at radius 1 is 1.11 bits per heavy atom. The summed E-state index contributed by atoms with van der Waals surface area (Å²) in [5.41, 5.74) is -0.765. The van der Waals surface area contributed by atoms with E-state index in [2.05, 4.69) is 12.2 Å². The van der Waals surface area contributed by atoms with E-state index in [1.165, 1.54) is 4.90 Å². The number of carbonyl (C=O) groups is 3. The van der Waals surface area contributed by atoms with Gasteiger partial charge in [-0.15, -0.1) is 0 Å². The van der Waals surface area contributed by atoms with Crippen LogP contribution in [-0.4, -0.2) is 72.5 Å². The van der Waals surface area contributed by atoms with Gasteiger partial charge in [-0.2, -0.15) is 0 Å². The van der Waals surface area contributed by atoms with Crippen molar-refractivity contribution in [2.24, 2.45) is 10.8 Å². The van der Waals surface area contributed by atoms with Crippen molar-refractivity contribution in [1.82, 2.24) is 15.1 Å². The fourth-order valence-electron chi connectivity index (χ4n) is 5.93. The predicted octanol–water partition coefficient (Wildman–Crippen LogP) is 5.04. The Balaban J connectivity index is 1.52. The summed E-state index contributed by atoms with van der Waals surface area (Å²) in [7, 11) is 1.65. The molecule has 9 heteroatoms. The first-order valence-electron chi connectivity index (χ1n) is 13.4. The standard InChI is InChI=1S/C28H37Cl2N3O4/c1-26(9-10-26)17-37-25(36)32(3)28(16-31-15-19(28)18-7-8-20(29)21(30)14-18)24(35)33-13-5-4-6-22(33)23(34)27(2)11-12-27/h7-8,14,19,22,31H,4-6,9-13,15-17H2,1-3H3/t19-,22?,28+/m1/s1. The van der Waals surface area contributed by atoms with Gasteiger partial charge in [0, 0.05) is 43.4 Å². The zero-order valence-electron chi connectivity index (χ0n) is 21.9. The molecule has 1 N–H and O–H groups in total. The molecular formula is C28H37Cl2N3O4. The average molecular weight is 551 g/mol. The number of carbonyl (C=O) groups excluding carboxylic acids is 3. The van der Waals surface area contributed by atoms with Gasteiger partial charge in [0.2, 0.25) is 0 Å². The van der Waals surface area contributed by atoms with Crippen LogP contribution in [0.1, 0.15) is 70.3 Å². The molecule has 202 valence electrons. The van der Waals surface area contributed by atoms with Crippen molar-refractivity contribution in [2.45, 2.75) is 76.3 Å². The molecule has 2 aliphatic heterocycles. The molecule has 1 unspecified atom stereocenters. The number of ether oxygens (including phenoxy) is 1. The molecule has 2 amide bonds. The molecule has 37 heavy (non-hydrogen) atoms. The maximum Gasteiger partial charge on any atom is 0.410 e. The third-order valence-electron chi connectivity index (χ3n) is 9.22. The SMILES string of the molecule is CN(C(=O)OCC1(C)CC1)[C@@]1(C(=O)N2CCCCC2C(=O)C2(C)CC2)CNC[C@@H]1c1ccc(Cl)c(Cl)c1. The lowest BCUT2D eigenvalue weighted by Gasteiger charge is -2.46. The third kappa shape index (κ3) is 4.87. The number of likely N-dealkylation sites (N-methyl/N-ethyl adjacent to an activating group) is 1. The summed E-state index contributed by atoms with van der Waals surface area (Å²) in [5, 5.41) is 4.19. The summed E-state index contributed by atoms with van der Waals surface area (Å²) in [4.78, 5) is 44.9. The van der Waals surface area contributed by atoms with Gasteiger partial charge >= 0.3 is 6.09 Å². The maximum absolute atomic E-state index is 14.7. The normalized spacial score (nSPS) is 29.5. The number of hydrogen-bond acceptors (Lipinski definition) is 5. The highest BCUT2D eigenvalue weighted by Crippen LogP contribution is 2.49. The van der Waals surface area contributed by atoms with Crippen LogP contribution in [0.25, 0.3) is 0 Å². The van der Waals surface area contributed by atoms with E-state index >= 15 is 0 Å². The number of amides is 2. The molecule has 5 rings (SSSR count). The van der Waals surface area contributed by atoms with Gasteiger partial charge in [-0.25, -0.2) is 4.79 Å². The lowest BCUT2D eigenvalue weighted by molar-refractivity contribution is -0.152. The summed E-state index contributed by atoms with van der Waals surface area (Å²) in [5.74, 6) is -0.439. The van der Waals surface area contributed by atoms with Crippen LogP contribution in [0.2, 0.25) is 10.0 Å². The smallest absolute Gasteiger partial charge is 0.410 e. The van der Waals surface area contributed by atoms with E-state index in [9.17, 15) is 14.4 Å². The van der Waals surface area contributed by atoms with Gasteiger partial charge in [0.15, 0.2) is 5.78 Å². The molecule has 2 saturated heterocycles. The predicted molar refractivity (Wildman–Crippen MR) is 143 cm³/mol. The average Bonchev–Trinajstić information content (AvgIpc) is 3.78. The lowest BCUT2D eigenvalue weighted by Crippen LogP contribution is -2.66. The third-order valence-corrected chi connectivity index (χ3v) is 9.96. The second-order valence-electron chi connectivity index (χ2n) is 12.1. The zero-order chi connectivity index (χ0) is 26.6. The van der Waals surface area contributed by atoms with Crippen LogP contribution in [0.3, 0.4) is 0 Å². The number of ketones is 1. The molecule has 0 bridgehead atoms. The van der Waals surface area contributed by atoms with Crippen molar-refractivity contribution in [3.8, 4) is 0 Å². The summed E-state index contributed by atoms with van der Waals surface area (Å²) >= 11 is 12.6. The topological polar surface area (TPSA) is 79.0 Å². The molecule has 2 aliphatic carbocycles. The number of Topliss-reactive ketones (excluding diaryl/α,β-unsaturated/α-hetero) is 1. The molecule has 2 saturated carbocycles. The Morgan fingerprint density at radius 3 is 2.49 bits per heavy atom. The van der Waals surface area contributed by atoms with Crippen molar-refractivity contribution < 1.29 is 19.1 Å². The first-order chi connectivity index (χ1) is 17.5. The minimum absolute atomic E-state index is 0.0226. The highest BCUT2D eigenvalue weighted by atomic mass is 35.5. The minimum Gasteiger partial charge on any atom is -0.449 e. The fraction of sp³-hybridized carbons (Fsp3) is 0.679. The molecule has 0 aromatic heterocycles. The van der Waals surface area contributed by atoms with Crippen molar-refractivity contribution >= 4 is 41.0 Å². The zero-order valence-corrected chi connectivity index (χ0v) is 23.5. The summed E-state index contributed by atoms with van der Waals surface area (Å²) < 4.78 is 5.75. The molecule has 3 atom stereocenters. The number of benzene rings is 1. The highest BCUT2D eigenvalue weighted by molar-refractivity contribution is 6.42. The van der Waals surface area contributed by atoms with Crippen molar-refractivity contribution in [3.63, 3.8) is 0 Å². The molecule has 4 fully saturated rings. The quantitative estimate of drug-likeness (QED) is 0.515. The summed E-state index contributed by atoms with van der Waals surface area (Å²) in [6.07, 6.45) is 5.67. The van der Waals surface area contributed by atoms with E-state index < -0.39 is 23.6 Å². The van der Waals surface area contributed by atoms with Crippen LogP contribution < -0.4 is 5.32 Å². The van der Waals surface area contributed by atoms with Crippen molar-refractivity contribution in [3.05, 3.63) is 33.8 Å². The summed E-state index contributed by atoms with van der Waals surface area (Å²) in [6.45, 7) is 5.66. The van der Waals surface area contributed by atoms with Crippen LogP contribution in [0, 0.1) is 10.8 Å². The number of piperidine rings is 1. The molecular weight excluding hydrogens is 513 g/mol. The Labute approximate surface area is 229 Å². The number of halogens is 2. The number of nitrogens with zero attached hydrogens (tertiary/aromatic N) is 2. The highest BCUT2D eigenvalue weighted by Gasteiger charge is 2.59. The Bertz CT molecular complexity index is 1100. The van der Waals surface area contributed by atoms with Crippen molar-refractivity contribution in [1.29, 1.82) is 0 Å². The van der Waals surface area contributed by atoms with Gasteiger partial charge in [0.05, 0.1) is 22.7 Å². The molecule has 0 radical (unpaired) electrons. The van der Waals surface area contributed by atoms with E-state index in [1.54, 1.807) is 24.1 Å². The monoisotopic (exact) mass is 549 g/mol. The maximum atomic E-state index is 14.7. The number of hydrogen-bond donors (Lipinski definition) is 1. The Kier molecular flexibility index (Phi) is 7.04. The van der Waals surface area contributed by atoms with Gasteiger partial charge in [0.1, 0.15) is 5.54 Å². The van der Waals surface area contributed by atoms with Gasteiger partial charge in [0.25, 0.3) is 5.91 Å². The number of likely N-dealkylation sites (tertiary alicyclic amines) is 1. The van der Waals surface area contributed by atoms with E-state index in [-0.39, 0.29) is 29.1 Å². The fourth-order valence-corrected chi connectivity index (χ4v) is 6.23. The molecule has 2 heterocycles. The largest absolute Gasteiger partial charge is 0.449 e. The first kappa shape index (κ1) is 26.8. The Morgan fingerprint density at radius 2 is 1.84 bits per heavy atom. The van der Waals surface area contributed by atoms with E-state index in [0.29, 0.717) is 36.2 Å². The van der Waals surface area contributed by atoms with Crippen LogP contribution in [0.5, 0.6) is 0 Å². The van der Waals surface area contributed by atoms with Crippen LogP contribution in [0.15, 0.2) is 18.2 Å². The van der Waals surface area contributed by atoms with Crippen LogP contribution in [0.4, 0.5) is 4.79 Å². The van der Waals surface area contributed by atoms with Crippen LogP contribution in [-0.2, 0) is 14.3 Å². The molecule has 7 nitrogen and oxygen atoms in total. The summed E-state index contributed by atoms with van der Waals surface area (Å²) in [6, 6.07) is 4.90. The molecule has 0 spiro atoms. The molecule has 1 aromatic carbocycles. The first-order valence-corrected chi connectivity index (χ1v) is 14.2.